The smallest absolute Gasteiger partial charge is 0.333 e. The molecule has 0 unspecified atom stereocenters. The van der Waals surface area contributed by atoms with Gasteiger partial charge < -0.3 is 40.3 Å². The molecule has 0 aliphatic heterocycles. The quantitative estimate of drug-likeness (QED) is 0.133. The molecule has 11 heteroatoms. The molecule has 0 atom stereocenters. The lowest BCUT2D eigenvalue weighted by Crippen LogP contribution is -2.14. The van der Waals surface area contributed by atoms with Crippen molar-refractivity contribution in [2.45, 2.75) is 33.1 Å². The summed E-state index contributed by atoms with van der Waals surface area (Å²) in [5, 5.41) is 7.89. The molecule has 35 heavy (non-hydrogen) atoms. The molecule has 0 aliphatic rings. The van der Waals surface area contributed by atoms with Gasteiger partial charge in [-0.1, -0.05) is 19.7 Å². The lowest BCUT2D eigenvalue weighted by Gasteiger charge is -2.05. The number of carbonyl (C=O) groups excluding carboxylic acids is 2. The minimum atomic E-state index is -0.935. The van der Waals surface area contributed by atoms with Crippen molar-refractivity contribution in [3.63, 3.8) is 0 Å². The largest absolute Gasteiger partial charge is 0.478 e. The number of esters is 2. The van der Waals surface area contributed by atoms with E-state index in [1.54, 1.807) is 6.92 Å². The summed E-state index contributed by atoms with van der Waals surface area (Å²) in [7, 11) is 0. The molecule has 204 valence electrons. The average molecular weight is 505 g/mol. The Morgan fingerprint density at radius 3 is 1.63 bits per heavy atom. The highest BCUT2D eigenvalue weighted by molar-refractivity contribution is 5.86. The van der Waals surface area contributed by atoms with Crippen LogP contribution in [0.3, 0.4) is 0 Å². The fraction of sp³-hybridized carbons (Fsp3) is 0.625. The maximum absolute atomic E-state index is 10.8. The molecule has 11 nitrogen and oxygen atoms in total. The van der Waals surface area contributed by atoms with Gasteiger partial charge in [0.25, 0.3) is 0 Å². The summed E-state index contributed by atoms with van der Waals surface area (Å²) in [6.07, 6.45) is 3.62. The van der Waals surface area contributed by atoms with Crippen LogP contribution >= 0.6 is 0 Å². The number of rotatable bonds is 19. The monoisotopic (exact) mass is 504 g/mol. The highest BCUT2D eigenvalue weighted by Crippen LogP contribution is 1.92. The molecule has 0 heterocycles. The second-order valence-corrected chi connectivity index (χ2v) is 6.85. The van der Waals surface area contributed by atoms with Crippen molar-refractivity contribution in [2.24, 2.45) is 11.5 Å². The van der Waals surface area contributed by atoms with Gasteiger partial charge in [0, 0.05) is 56.6 Å². The third-order valence-corrected chi connectivity index (χ3v) is 3.35. The molecule has 0 amide bonds. The van der Waals surface area contributed by atoms with Crippen LogP contribution in [0.5, 0.6) is 0 Å². The van der Waals surface area contributed by atoms with Crippen molar-refractivity contribution in [1.82, 2.24) is 0 Å². The van der Waals surface area contributed by atoms with Gasteiger partial charge in [0.15, 0.2) is 0 Å². The summed E-state index contributed by atoms with van der Waals surface area (Å²) in [5.74, 6) is -1.71. The number of hydrogen-bond acceptors (Lipinski definition) is 10. The molecular weight excluding hydrogens is 460 g/mol. The van der Waals surface area contributed by atoms with Gasteiger partial charge in [-0.05, 0) is 33.2 Å². The molecule has 0 aromatic heterocycles. The van der Waals surface area contributed by atoms with E-state index in [0.717, 1.165) is 18.9 Å². The molecule has 0 saturated heterocycles. The first-order chi connectivity index (χ1) is 16.6. The van der Waals surface area contributed by atoms with Crippen molar-refractivity contribution >= 4 is 17.9 Å². The first-order valence-electron chi connectivity index (χ1n) is 11.3. The lowest BCUT2D eigenvalue weighted by atomic mass is 10.4. The van der Waals surface area contributed by atoms with Gasteiger partial charge >= 0.3 is 17.9 Å². The molecule has 0 rings (SSSR count). The summed E-state index contributed by atoms with van der Waals surface area (Å²) < 4.78 is 25.2. The maximum Gasteiger partial charge on any atom is 0.333 e. The minimum Gasteiger partial charge on any atom is -0.478 e. The standard InChI is InChI=1S/C12H23NO4.C8H15NO3.C4H6O2/c1-2-12(14)17-11-5-10-16-9-4-8-15-7-3-6-13;1-7(2)8(10)12-6-5-11-4-3-9;1-3(2)4(5)6/h2H,1,3-11,13H2;1,3-6,9H2,2H3;1H2,2H3,(H,5,6). The number of aliphatic carboxylic acids is 1. The first kappa shape index (κ1) is 37.0. The van der Waals surface area contributed by atoms with E-state index < -0.39 is 11.9 Å². The third-order valence-electron chi connectivity index (χ3n) is 3.35. The Kier molecular flexibility index (Phi) is 31.1. The number of hydrogen-bond donors (Lipinski definition) is 3. The molecule has 0 spiro atoms. The molecule has 5 N–H and O–H groups in total. The van der Waals surface area contributed by atoms with Crippen molar-refractivity contribution in [2.75, 3.05) is 65.9 Å². The lowest BCUT2D eigenvalue weighted by molar-refractivity contribution is -0.140. The van der Waals surface area contributed by atoms with Crippen molar-refractivity contribution in [3.8, 4) is 0 Å². The predicted octanol–water partition coefficient (Wildman–Crippen LogP) is 1.61. The average Bonchev–Trinajstić information content (AvgIpc) is 2.82. The second-order valence-electron chi connectivity index (χ2n) is 6.85. The van der Waals surface area contributed by atoms with Crippen molar-refractivity contribution in [3.05, 3.63) is 37.0 Å². The Morgan fingerprint density at radius 2 is 1.20 bits per heavy atom. The van der Waals surface area contributed by atoms with E-state index in [2.05, 4.69) is 19.7 Å². The zero-order chi connectivity index (χ0) is 27.3. The van der Waals surface area contributed by atoms with Crippen LogP contribution < -0.4 is 11.5 Å². The Hall–Kier alpha value is -2.57. The molecule has 0 aromatic carbocycles. The fourth-order valence-corrected chi connectivity index (χ4v) is 1.55. The number of carbonyl (C=O) groups is 3. The van der Waals surface area contributed by atoms with E-state index in [1.165, 1.54) is 6.92 Å². The molecule has 0 aromatic rings. The van der Waals surface area contributed by atoms with E-state index >= 15 is 0 Å². The minimum absolute atomic E-state index is 0.176. The van der Waals surface area contributed by atoms with Crippen LogP contribution in [0.4, 0.5) is 0 Å². The van der Waals surface area contributed by atoms with E-state index in [-0.39, 0.29) is 18.1 Å². The van der Waals surface area contributed by atoms with E-state index in [4.69, 9.17) is 40.3 Å². The van der Waals surface area contributed by atoms with Gasteiger partial charge in [0.05, 0.1) is 19.8 Å². The molecular formula is C24H44N2O9. The van der Waals surface area contributed by atoms with Crippen LogP contribution in [-0.2, 0) is 38.1 Å². The molecule has 0 aliphatic carbocycles. The van der Waals surface area contributed by atoms with E-state index in [0.29, 0.717) is 71.3 Å². The van der Waals surface area contributed by atoms with Crippen LogP contribution in [-0.4, -0.2) is 89.0 Å². The highest BCUT2D eigenvalue weighted by atomic mass is 16.6. The number of ether oxygens (including phenoxy) is 5. The van der Waals surface area contributed by atoms with E-state index in [9.17, 15) is 14.4 Å². The first-order valence-corrected chi connectivity index (χ1v) is 11.3. The predicted molar refractivity (Wildman–Crippen MR) is 134 cm³/mol. The van der Waals surface area contributed by atoms with Crippen LogP contribution in [0.25, 0.3) is 0 Å². The number of carboxylic acids is 1. The summed E-state index contributed by atoms with van der Waals surface area (Å²) in [4.78, 5) is 31.0. The molecule has 0 bridgehead atoms. The summed E-state index contributed by atoms with van der Waals surface area (Å²) in [6, 6.07) is 0. The molecule has 0 saturated carbocycles. The zero-order valence-corrected chi connectivity index (χ0v) is 21.3. The Bertz CT molecular complexity index is 584. The third kappa shape index (κ3) is 36.2. The van der Waals surface area contributed by atoms with Crippen molar-refractivity contribution < 1.29 is 43.2 Å². The van der Waals surface area contributed by atoms with Gasteiger partial charge in [0.2, 0.25) is 0 Å². The van der Waals surface area contributed by atoms with E-state index in [1.807, 2.05) is 0 Å². The van der Waals surface area contributed by atoms with Gasteiger partial charge in [-0.2, -0.15) is 0 Å². The summed E-state index contributed by atoms with van der Waals surface area (Å²) in [5.41, 5.74) is 11.1. The normalized spacial score (nSPS) is 9.49. The Morgan fingerprint density at radius 1 is 0.714 bits per heavy atom. The topological polar surface area (TPSA) is 170 Å². The summed E-state index contributed by atoms with van der Waals surface area (Å²) in [6.45, 7) is 18.3. The second kappa shape index (κ2) is 29.5. The maximum atomic E-state index is 10.8. The Balaban J connectivity index is -0.000000493. The van der Waals surface area contributed by atoms with Gasteiger partial charge in [-0.15, -0.1) is 0 Å². The zero-order valence-electron chi connectivity index (χ0n) is 21.3. The van der Waals surface area contributed by atoms with Gasteiger partial charge in [-0.25, -0.2) is 14.4 Å². The van der Waals surface area contributed by atoms with Crippen LogP contribution in [0.1, 0.15) is 33.1 Å². The molecule has 0 radical (unpaired) electrons. The number of carboxylic acid groups (broad SMARTS) is 1. The Labute approximate surface area is 209 Å². The van der Waals surface area contributed by atoms with Crippen LogP contribution in [0.2, 0.25) is 0 Å². The SMILES string of the molecule is C=C(C)C(=O)O.C=C(C)C(=O)OCCOCCN.C=CC(=O)OCCCOCCCOCCCN. The highest BCUT2D eigenvalue weighted by Gasteiger charge is 2.01. The molecule has 0 fully saturated rings. The van der Waals surface area contributed by atoms with Crippen LogP contribution in [0, 0.1) is 0 Å². The number of nitrogens with two attached hydrogens (primary N) is 2. The fourth-order valence-electron chi connectivity index (χ4n) is 1.55. The van der Waals surface area contributed by atoms with Crippen LogP contribution in [0.15, 0.2) is 37.0 Å². The van der Waals surface area contributed by atoms with Crippen molar-refractivity contribution in [1.29, 1.82) is 0 Å². The van der Waals surface area contributed by atoms with Gasteiger partial charge in [0.1, 0.15) is 6.61 Å². The summed E-state index contributed by atoms with van der Waals surface area (Å²) >= 11 is 0. The van der Waals surface area contributed by atoms with Gasteiger partial charge in [-0.3, -0.25) is 0 Å².